The number of nitrogens with one attached hydrogen (secondary N) is 1. The summed E-state index contributed by atoms with van der Waals surface area (Å²) in [4.78, 5) is 11.3. The first-order valence-corrected chi connectivity index (χ1v) is 6.01. The zero-order valence-corrected chi connectivity index (χ0v) is 12.0. The maximum atomic E-state index is 13.2. The monoisotopic (exact) mass is 439 g/mol. The third-order valence-electron chi connectivity index (χ3n) is 2.54. The molecule has 0 heterocycles. The van der Waals surface area contributed by atoms with E-state index >= 15 is 0 Å². The first kappa shape index (κ1) is 20.4. The van der Waals surface area contributed by atoms with Crippen molar-refractivity contribution in [3.63, 3.8) is 0 Å². The molecule has 1 aromatic carbocycles. The summed E-state index contributed by atoms with van der Waals surface area (Å²) in [5, 5.41) is 0.419. The lowest BCUT2D eigenvalue weighted by Gasteiger charge is -2.30. The fourth-order valence-electron chi connectivity index (χ4n) is 1.33. The molecule has 0 aliphatic rings. The molecule has 1 rings (SSSR count). The summed E-state index contributed by atoms with van der Waals surface area (Å²) in [6.45, 7) is 0. The van der Waals surface area contributed by atoms with E-state index in [-0.39, 0.29) is 0 Å². The van der Waals surface area contributed by atoms with Gasteiger partial charge in [-0.3, -0.25) is 4.79 Å². The number of hydrogen-bond donors (Lipinski definition) is 1. The van der Waals surface area contributed by atoms with Gasteiger partial charge in [0.2, 0.25) is 5.82 Å². The maximum Gasteiger partial charge on any atom is 0.421 e. The number of halogens is 12. The Labute approximate surface area is 132 Å². The number of hydrogen-bond acceptors (Lipinski definition) is 1. The van der Waals surface area contributed by atoms with Crippen LogP contribution in [-0.2, 0) is 4.79 Å². The van der Waals surface area contributed by atoms with Crippen LogP contribution >= 0.6 is 15.9 Å². The second-order valence-corrected chi connectivity index (χ2v) is 5.24. The van der Waals surface area contributed by atoms with E-state index in [1.54, 1.807) is 0 Å². The van der Waals surface area contributed by atoms with Crippen molar-refractivity contribution >= 4 is 27.5 Å². The number of alkyl halides is 7. The highest BCUT2D eigenvalue weighted by Gasteiger charge is 2.74. The molecule has 0 fully saturated rings. The molecule has 1 amide bonds. The maximum absolute atomic E-state index is 13.2. The third-order valence-corrected chi connectivity index (χ3v) is 3.80. The first-order valence-electron chi connectivity index (χ1n) is 5.22. The van der Waals surface area contributed by atoms with Crippen molar-refractivity contribution < 1.29 is 53.1 Å². The van der Waals surface area contributed by atoms with Gasteiger partial charge in [0.15, 0.2) is 23.3 Å². The average molecular weight is 440 g/mol. The van der Waals surface area contributed by atoms with Crippen LogP contribution in [0.4, 0.5) is 54.0 Å². The summed E-state index contributed by atoms with van der Waals surface area (Å²) in [5.74, 6) is -16.9. The predicted molar refractivity (Wildman–Crippen MR) is 58.6 cm³/mol. The molecule has 0 bridgehead atoms. The Morgan fingerprint density at radius 2 is 1.00 bits per heavy atom. The van der Waals surface area contributed by atoms with Gasteiger partial charge >= 0.3 is 12.4 Å². The first-order chi connectivity index (χ1) is 10.6. The van der Waals surface area contributed by atoms with E-state index in [1.165, 1.54) is 0 Å². The Morgan fingerprint density at radius 3 is 1.29 bits per heavy atom. The van der Waals surface area contributed by atoms with Gasteiger partial charge in [-0.15, -0.1) is 0 Å². The van der Waals surface area contributed by atoms with Crippen LogP contribution in [0, 0.1) is 29.1 Å². The van der Waals surface area contributed by atoms with E-state index in [0.29, 0.717) is 5.32 Å². The summed E-state index contributed by atoms with van der Waals surface area (Å²) < 4.78 is 135. The van der Waals surface area contributed by atoms with Crippen molar-refractivity contribution in [2.45, 2.75) is 16.7 Å². The molecule has 2 nitrogen and oxygen atoms in total. The molecule has 0 atom stereocenters. The summed E-state index contributed by atoms with van der Waals surface area (Å²) in [5.41, 5.74) is -2.37. The van der Waals surface area contributed by atoms with Gasteiger partial charge in [0.25, 0.3) is 10.2 Å². The number of anilines is 1. The summed E-state index contributed by atoms with van der Waals surface area (Å²) >= 11 is 1.08. The van der Waals surface area contributed by atoms with Crippen LogP contribution in [0.25, 0.3) is 0 Å². The van der Waals surface area contributed by atoms with Crippen molar-refractivity contribution in [1.82, 2.24) is 0 Å². The van der Waals surface area contributed by atoms with Gasteiger partial charge in [-0.25, -0.2) is 22.0 Å². The van der Waals surface area contributed by atoms with Crippen LogP contribution in [0.15, 0.2) is 0 Å². The normalized spacial score (nSPS) is 13.2. The second-order valence-electron chi connectivity index (χ2n) is 4.05. The highest BCUT2D eigenvalue weighted by atomic mass is 79.9. The van der Waals surface area contributed by atoms with Gasteiger partial charge in [-0.05, 0) is 0 Å². The topological polar surface area (TPSA) is 29.1 Å². The minimum Gasteiger partial charge on any atom is -0.319 e. The van der Waals surface area contributed by atoms with Crippen LogP contribution in [0.2, 0.25) is 0 Å². The molecule has 1 aromatic rings. The highest BCUT2D eigenvalue weighted by molar-refractivity contribution is 9.10. The van der Waals surface area contributed by atoms with Crippen LogP contribution in [0.3, 0.4) is 0 Å². The molecule has 0 aliphatic heterocycles. The van der Waals surface area contributed by atoms with Crippen molar-refractivity contribution in [1.29, 1.82) is 0 Å². The molecule has 1 N–H and O–H groups in total. The molecule has 0 unspecified atom stereocenters. The highest BCUT2D eigenvalue weighted by Crippen LogP contribution is 2.50. The van der Waals surface area contributed by atoms with Gasteiger partial charge in [0.1, 0.15) is 5.69 Å². The fourth-order valence-corrected chi connectivity index (χ4v) is 1.43. The SMILES string of the molecule is O=C(Nc1c(F)c(F)c(F)c(F)c1F)C(Br)(C(F)(F)F)C(F)(F)F. The van der Waals surface area contributed by atoms with E-state index in [4.69, 9.17) is 0 Å². The minimum atomic E-state index is -6.36. The Hall–Kier alpha value is -1.60. The molecule has 0 radical (unpaired) electrons. The summed E-state index contributed by atoms with van der Waals surface area (Å²) in [6, 6.07) is 0. The minimum absolute atomic E-state index is 0.419. The van der Waals surface area contributed by atoms with Crippen LogP contribution < -0.4 is 5.32 Å². The molecular weight excluding hydrogens is 439 g/mol. The van der Waals surface area contributed by atoms with Crippen molar-refractivity contribution in [3.05, 3.63) is 29.1 Å². The van der Waals surface area contributed by atoms with Crippen molar-refractivity contribution in [3.8, 4) is 0 Å². The number of carbonyl (C=O) groups is 1. The predicted octanol–water partition coefficient (Wildman–Crippen LogP) is 4.58. The standard InChI is InChI=1S/C10HBrF11NO/c11-8(9(17,18)19,10(20,21)22)7(24)23-6-4(15)2(13)1(12)3(14)5(6)16/h(H,23,24). The fraction of sp³-hybridized carbons (Fsp3) is 0.300. The average Bonchev–Trinajstić information content (AvgIpc) is 2.44. The van der Waals surface area contributed by atoms with Gasteiger partial charge in [-0.1, -0.05) is 15.9 Å². The van der Waals surface area contributed by atoms with Crippen LogP contribution in [-0.4, -0.2) is 22.6 Å². The van der Waals surface area contributed by atoms with Gasteiger partial charge in [0, 0.05) is 0 Å². The molecule has 14 heteroatoms. The third kappa shape index (κ3) is 3.02. The molecule has 0 saturated carbocycles. The number of amides is 1. The van der Waals surface area contributed by atoms with Gasteiger partial charge in [-0.2, -0.15) is 26.3 Å². The summed E-state index contributed by atoms with van der Waals surface area (Å²) in [7, 11) is 0. The molecular formula is C10HBrF11NO. The second kappa shape index (κ2) is 6.04. The molecule has 24 heavy (non-hydrogen) atoms. The molecule has 0 aromatic heterocycles. The quantitative estimate of drug-likeness (QED) is 0.311. The Bertz CT molecular complexity index is 638. The Balaban J connectivity index is 3.49. The van der Waals surface area contributed by atoms with Crippen molar-refractivity contribution in [2.24, 2.45) is 0 Å². The van der Waals surface area contributed by atoms with E-state index < -0.39 is 57.4 Å². The van der Waals surface area contributed by atoms with E-state index in [1.807, 2.05) is 0 Å². The van der Waals surface area contributed by atoms with Crippen molar-refractivity contribution in [2.75, 3.05) is 5.32 Å². The number of benzene rings is 1. The van der Waals surface area contributed by atoms with E-state index in [9.17, 15) is 53.1 Å². The molecule has 136 valence electrons. The zero-order chi connectivity index (χ0) is 19.2. The van der Waals surface area contributed by atoms with Crippen LogP contribution in [0.1, 0.15) is 0 Å². The van der Waals surface area contributed by atoms with Gasteiger partial charge < -0.3 is 5.32 Å². The van der Waals surface area contributed by atoms with E-state index in [0.717, 1.165) is 15.9 Å². The Kier molecular flexibility index (Phi) is 5.14. The molecule has 0 aliphatic carbocycles. The molecule has 0 spiro atoms. The van der Waals surface area contributed by atoms with Crippen LogP contribution in [0.5, 0.6) is 0 Å². The largest absolute Gasteiger partial charge is 0.421 e. The summed E-state index contributed by atoms with van der Waals surface area (Å²) in [6.07, 6.45) is -12.7. The van der Waals surface area contributed by atoms with Gasteiger partial charge in [0.05, 0.1) is 0 Å². The van der Waals surface area contributed by atoms with E-state index in [2.05, 4.69) is 0 Å². The smallest absolute Gasteiger partial charge is 0.319 e. The lowest BCUT2D eigenvalue weighted by molar-refractivity contribution is -0.253. The number of rotatable bonds is 2. The Morgan fingerprint density at radius 1 is 0.708 bits per heavy atom. The number of carbonyl (C=O) groups excluding carboxylic acids is 1. The molecule has 0 saturated heterocycles. The zero-order valence-electron chi connectivity index (χ0n) is 10.4. The lowest BCUT2D eigenvalue weighted by Crippen LogP contribution is -2.59. The lowest BCUT2D eigenvalue weighted by atomic mass is 10.1.